The van der Waals surface area contributed by atoms with Crippen molar-refractivity contribution in [3.8, 4) is 0 Å². The second-order valence-corrected chi connectivity index (χ2v) is 9.73. The van der Waals surface area contributed by atoms with Gasteiger partial charge in [0, 0.05) is 25.0 Å². The molecule has 25 heavy (non-hydrogen) atoms. The Kier molecular flexibility index (Phi) is 5.69. The first kappa shape index (κ1) is 19.4. The predicted octanol–water partition coefficient (Wildman–Crippen LogP) is 5.89. The molecule has 0 N–H and O–H groups in total. The molecule has 0 bridgehead atoms. The van der Waals surface area contributed by atoms with Crippen molar-refractivity contribution in [1.29, 1.82) is 0 Å². The molecular weight excluding hydrogens is 308 g/mol. The van der Waals surface area contributed by atoms with Gasteiger partial charge in [-0.3, -0.25) is 4.79 Å². The van der Waals surface area contributed by atoms with Crippen LogP contribution < -0.4 is 0 Å². The quantitative estimate of drug-likeness (QED) is 0.591. The Morgan fingerprint density at radius 2 is 1.80 bits per heavy atom. The summed E-state index contributed by atoms with van der Waals surface area (Å²) in [7, 11) is 0. The summed E-state index contributed by atoms with van der Waals surface area (Å²) >= 11 is 0. The first-order valence-electron chi connectivity index (χ1n) is 11.1. The number of ether oxygens (including phenoxy) is 1. The van der Waals surface area contributed by atoms with Crippen LogP contribution in [-0.4, -0.2) is 19.0 Å². The molecular formula is C23H40O2. The molecule has 0 amide bonds. The molecule has 1 saturated heterocycles. The van der Waals surface area contributed by atoms with Crippen LogP contribution in [0.2, 0.25) is 0 Å². The monoisotopic (exact) mass is 348 g/mol. The molecule has 3 aliphatic carbocycles. The summed E-state index contributed by atoms with van der Waals surface area (Å²) < 4.78 is 5.68. The van der Waals surface area contributed by atoms with Gasteiger partial charge in [0.05, 0.1) is 0 Å². The van der Waals surface area contributed by atoms with E-state index in [-0.39, 0.29) is 11.3 Å². The molecule has 4 rings (SSSR count). The van der Waals surface area contributed by atoms with Crippen molar-refractivity contribution in [2.45, 2.75) is 86.0 Å². The fourth-order valence-electron chi connectivity index (χ4n) is 7.30. The number of rotatable bonds is 1. The molecule has 2 heteroatoms. The van der Waals surface area contributed by atoms with E-state index in [1.54, 1.807) is 0 Å². The molecule has 2 nitrogen and oxygen atoms in total. The maximum atomic E-state index is 13.3. The van der Waals surface area contributed by atoms with Crippen molar-refractivity contribution in [2.24, 2.45) is 40.4 Å². The summed E-state index contributed by atoms with van der Waals surface area (Å²) in [4.78, 5) is 13.3. The van der Waals surface area contributed by atoms with Crippen molar-refractivity contribution in [1.82, 2.24) is 0 Å². The molecule has 7 atom stereocenters. The molecule has 1 heterocycles. The highest BCUT2D eigenvalue weighted by atomic mass is 16.5. The number of fused-ring (bicyclic) bond motifs is 3. The van der Waals surface area contributed by atoms with E-state index in [9.17, 15) is 4.79 Å². The minimum atomic E-state index is 0.254. The zero-order valence-corrected chi connectivity index (χ0v) is 17.3. The summed E-state index contributed by atoms with van der Waals surface area (Å²) in [5, 5.41) is 0. The van der Waals surface area contributed by atoms with E-state index in [1.165, 1.54) is 44.9 Å². The van der Waals surface area contributed by atoms with Gasteiger partial charge in [-0.2, -0.15) is 0 Å². The highest BCUT2D eigenvalue weighted by Crippen LogP contribution is 2.65. The first-order chi connectivity index (χ1) is 12.0. The number of ketones is 1. The van der Waals surface area contributed by atoms with Gasteiger partial charge >= 0.3 is 0 Å². The Balaban J connectivity index is 0.000000880. The van der Waals surface area contributed by atoms with Gasteiger partial charge in [0.25, 0.3) is 0 Å². The van der Waals surface area contributed by atoms with Crippen LogP contribution in [0.25, 0.3) is 0 Å². The van der Waals surface area contributed by atoms with Crippen LogP contribution in [0.15, 0.2) is 0 Å². The Hall–Kier alpha value is -0.370. The topological polar surface area (TPSA) is 26.3 Å². The lowest BCUT2D eigenvalue weighted by Crippen LogP contribution is -2.58. The Labute approximate surface area is 155 Å². The third-order valence-corrected chi connectivity index (χ3v) is 8.61. The zero-order valence-electron chi connectivity index (χ0n) is 17.3. The van der Waals surface area contributed by atoms with E-state index in [2.05, 4.69) is 20.8 Å². The van der Waals surface area contributed by atoms with Gasteiger partial charge in [0.15, 0.2) is 0 Å². The molecule has 3 saturated carbocycles. The lowest BCUT2D eigenvalue weighted by Gasteiger charge is -2.61. The van der Waals surface area contributed by atoms with Crippen LogP contribution in [0.5, 0.6) is 0 Å². The van der Waals surface area contributed by atoms with Crippen molar-refractivity contribution >= 4 is 5.78 Å². The molecule has 5 unspecified atom stereocenters. The van der Waals surface area contributed by atoms with E-state index < -0.39 is 0 Å². The first-order valence-corrected chi connectivity index (χ1v) is 11.1. The summed E-state index contributed by atoms with van der Waals surface area (Å²) in [5.74, 6) is 3.16. The van der Waals surface area contributed by atoms with Crippen molar-refractivity contribution in [3.63, 3.8) is 0 Å². The van der Waals surface area contributed by atoms with Crippen LogP contribution in [0.1, 0.15) is 86.0 Å². The molecule has 0 aromatic carbocycles. The Morgan fingerprint density at radius 3 is 2.48 bits per heavy atom. The van der Waals surface area contributed by atoms with Crippen LogP contribution >= 0.6 is 0 Å². The summed E-state index contributed by atoms with van der Waals surface area (Å²) in [6.07, 6.45) is 10.4. The van der Waals surface area contributed by atoms with Crippen LogP contribution in [0, 0.1) is 40.4 Å². The van der Waals surface area contributed by atoms with Gasteiger partial charge < -0.3 is 4.74 Å². The Morgan fingerprint density at radius 1 is 1.04 bits per heavy atom. The van der Waals surface area contributed by atoms with Crippen LogP contribution in [0.3, 0.4) is 0 Å². The van der Waals surface area contributed by atoms with Crippen LogP contribution in [-0.2, 0) is 9.53 Å². The molecule has 4 fully saturated rings. The fourth-order valence-corrected chi connectivity index (χ4v) is 7.30. The van der Waals surface area contributed by atoms with E-state index in [0.717, 1.165) is 25.6 Å². The summed E-state index contributed by atoms with van der Waals surface area (Å²) in [6, 6.07) is 0. The average Bonchev–Trinajstić information content (AvgIpc) is 3.14. The maximum absolute atomic E-state index is 13.3. The van der Waals surface area contributed by atoms with E-state index in [4.69, 9.17) is 4.74 Å². The average molecular weight is 349 g/mol. The van der Waals surface area contributed by atoms with E-state index in [0.29, 0.717) is 29.0 Å². The van der Waals surface area contributed by atoms with Gasteiger partial charge in [-0.1, -0.05) is 47.5 Å². The van der Waals surface area contributed by atoms with Gasteiger partial charge in [0.2, 0.25) is 0 Å². The van der Waals surface area contributed by atoms with E-state index in [1.807, 2.05) is 13.8 Å². The fraction of sp³-hybridized carbons (Fsp3) is 0.957. The van der Waals surface area contributed by atoms with Crippen LogP contribution in [0.4, 0.5) is 0 Å². The number of carbonyl (C=O) groups is 1. The lowest BCUT2D eigenvalue weighted by molar-refractivity contribution is -0.162. The minimum absolute atomic E-state index is 0.254. The van der Waals surface area contributed by atoms with Crippen molar-refractivity contribution < 1.29 is 9.53 Å². The number of hydrogen-bond acceptors (Lipinski definition) is 2. The molecule has 0 aromatic rings. The van der Waals surface area contributed by atoms with Crippen molar-refractivity contribution in [3.05, 3.63) is 0 Å². The molecule has 0 radical (unpaired) electrons. The SMILES string of the molecule is CC.CC1C(=O)C2CC[C@@]3(C)CCCCC3[C@@]2(C)CC1C1CCOC1. The molecule has 144 valence electrons. The highest BCUT2D eigenvalue weighted by molar-refractivity contribution is 5.85. The lowest BCUT2D eigenvalue weighted by atomic mass is 9.42. The highest BCUT2D eigenvalue weighted by Gasteiger charge is 2.60. The van der Waals surface area contributed by atoms with Gasteiger partial charge in [-0.05, 0) is 67.1 Å². The number of Topliss-reactive ketones (excluding diaryl/α,β-unsaturated/α-hetero) is 1. The number of carbonyl (C=O) groups excluding carboxylic acids is 1. The second-order valence-electron chi connectivity index (χ2n) is 9.73. The third kappa shape index (κ3) is 3.11. The standard InChI is InChI=1S/C21H34O2.C2H6/c1-14-16(15-8-11-23-13-15)12-21(3)17(19(14)22)7-10-20(2)9-5-4-6-18(20)21;1-2/h14-18H,4-13H2,1-3H3;1-2H3/t14?,15?,16?,17?,18?,20-,21+;/m1./s1. The molecule has 0 aromatic heterocycles. The largest absolute Gasteiger partial charge is 0.381 e. The third-order valence-electron chi connectivity index (χ3n) is 8.61. The van der Waals surface area contributed by atoms with Gasteiger partial charge in [0.1, 0.15) is 5.78 Å². The second kappa shape index (κ2) is 7.33. The predicted molar refractivity (Wildman–Crippen MR) is 103 cm³/mol. The van der Waals surface area contributed by atoms with Crippen molar-refractivity contribution in [2.75, 3.05) is 13.2 Å². The smallest absolute Gasteiger partial charge is 0.139 e. The zero-order chi connectivity index (χ0) is 18.2. The number of hydrogen-bond donors (Lipinski definition) is 0. The Bertz CT molecular complexity index is 480. The maximum Gasteiger partial charge on any atom is 0.139 e. The van der Waals surface area contributed by atoms with E-state index >= 15 is 0 Å². The normalized spacial score (nSPS) is 49.6. The minimum Gasteiger partial charge on any atom is -0.381 e. The molecule has 4 aliphatic rings. The van der Waals surface area contributed by atoms with Gasteiger partial charge in [-0.25, -0.2) is 0 Å². The van der Waals surface area contributed by atoms with Gasteiger partial charge in [-0.15, -0.1) is 0 Å². The summed E-state index contributed by atoms with van der Waals surface area (Å²) in [6.45, 7) is 13.1. The summed E-state index contributed by atoms with van der Waals surface area (Å²) in [5.41, 5.74) is 0.755. The molecule has 0 spiro atoms. The molecule has 1 aliphatic heterocycles.